The third-order valence-electron chi connectivity index (χ3n) is 3.64. The normalized spacial score (nSPS) is 10.5. The molecule has 0 fully saturated rings. The van der Waals surface area contributed by atoms with Crippen LogP contribution in [0.4, 0.5) is 11.4 Å². The molecule has 0 unspecified atom stereocenters. The molecule has 0 atom stereocenters. The zero-order valence-electron chi connectivity index (χ0n) is 14.8. The molecular weight excluding hydrogens is 445 g/mol. The summed E-state index contributed by atoms with van der Waals surface area (Å²) in [5, 5.41) is 5.67. The molecule has 138 valence electrons. The molecule has 6 nitrogen and oxygen atoms in total. The van der Waals surface area contributed by atoms with Gasteiger partial charge < -0.3 is 15.4 Å². The minimum absolute atomic E-state index is 0.132. The molecule has 0 aromatic heterocycles. The summed E-state index contributed by atoms with van der Waals surface area (Å²) in [6, 6.07) is 14.7. The van der Waals surface area contributed by atoms with Crippen LogP contribution in [0.3, 0.4) is 0 Å². The molecule has 7 heteroatoms. The molecule has 0 spiro atoms. The van der Waals surface area contributed by atoms with E-state index in [2.05, 4.69) is 33.2 Å². The van der Waals surface area contributed by atoms with Crippen LogP contribution in [0.2, 0.25) is 0 Å². The molecule has 2 amide bonds. The maximum absolute atomic E-state index is 12.2. The Kier molecular flexibility index (Phi) is 7.86. The van der Waals surface area contributed by atoms with E-state index in [1.54, 1.807) is 30.2 Å². The summed E-state index contributed by atoms with van der Waals surface area (Å²) in [7, 11) is 1.58. The first-order valence-corrected chi connectivity index (χ1v) is 9.29. The van der Waals surface area contributed by atoms with Crippen LogP contribution in [0.5, 0.6) is 5.75 Å². The number of nitrogens with zero attached hydrogens (tertiary/aromatic N) is 1. The Bertz CT molecular complexity index is 767. The molecule has 0 saturated heterocycles. The quantitative estimate of drug-likeness (QED) is 0.586. The van der Waals surface area contributed by atoms with Crippen LogP contribution in [0.25, 0.3) is 0 Å². The molecule has 0 heterocycles. The average Bonchev–Trinajstić information content (AvgIpc) is 2.61. The number of amides is 2. The van der Waals surface area contributed by atoms with E-state index in [4.69, 9.17) is 4.74 Å². The molecule has 0 radical (unpaired) electrons. The van der Waals surface area contributed by atoms with E-state index < -0.39 is 0 Å². The fourth-order valence-corrected chi connectivity index (χ4v) is 2.90. The summed E-state index contributed by atoms with van der Waals surface area (Å²) in [6.07, 6.45) is 0. The molecule has 0 saturated carbocycles. The largest absolute Gasteiger partial charge is 0.497 e. The second-order valence-corrected chi connectivity index (χ2v) is 6.89. The van der Waals surface area contributed by atoms with E-state index in [1.165, 1.54) is 0 Å². The van der Waals surface area contributed by atoms with Gasteiger partial charge in [0.2, 0.25) is 11.8 Å². The first-order chi connectivity index (χ1) is 12.5. The Labute approximate surface area is 167 Å². The van der Waals surface area contributed by atoms with Crippen LogP contribution in [0.1, 0.15) is 6.92 Å². The van der Waals surface area contributed by atoms with Crippen LogP contribution >= 0.6 is 22.6 Å². The molecule has 2 rings (SSSR count). The zero-order chi connectivity index (χ0) is 18.9. The van der Waals surface area contributed by atoms with Crippen molar-refractivity contribution in [2.45, 2.75) is 6.92 Å². The Morgan fingerprint density at radius 1 is 1.00 bits per heavy atom. The molecule has 0 aliphatic carbocycles. The molecule has 0 bridgehead atoms. The van der Waals surface area contributed by atoms with E-state index in [1.807, 2.05) is 37.3 Å². The van der Waals surface area contributed by atoms with Crippen molar-refractivity contribution in [3.8, 4) is 5.75 Å². The lowest BCUT2D eigenvalue weighted by atomic mass is 10.3. The fourth-order valence-electron chi connectivity index (χ4n) is 2.35. The average molecular weight is 467 g/mol. The van der Waals surface area contributed by atoms with Crippen molar-refractivity contribution < 1.29 is 14.3 Å². The molecule has 0 aliphatic rings. The number of hydrogen-bond acceptors (Lipinski definition) is 4. The van der Waals surface area contributed by atoms with Crippen molar-refractivity contribution in [2.75, 3.05) is 37.4 Å². The topological polar surface area (TPSA) is 70.7 Å². The number of benzene rings is 2. The lowest BCUT2D eigenvalue weighted by molar-refractivity contribution is -0.119. The number of nitrogens with one attached hydrogen (secondary N) is 2. The third kappa shape index (κ3) is 6.64. The van der Waals surface area contributed by atoms with E-state index in [-0.39, 0.29) is 24.9 Å². The van der Waals surface area contributed by atoms with Crippen molar-refractivity contribution in [1.82, 2.24) is 4.90 Å². The number of carbonyl (C=O) groups is 2. The van der Waals surface area contributed by atoms with Crippen molar-refractivity contribution in [3.05, 3.63) is 52.1 Å². The van der Waals surface area contributed by atoms with Gasteiger partial charge in [-0.3, -0.25) is 14.5 Å². The van der Waals surface area contributed by atoms with Crippen LogP contribution < -0.4 is 15.4 Å². The van der Waals surface area contributed by atoms with Gasteiger partial charge >= 0.3 is 0 Å². The zero-order valence-corrected chi connectivity index (χ0v) is 16.9. The van der Waals surface area contributed by atoms with Crippen LogP contribution in [-0.2, 0) is 9.59 Å². The number of likely N-dealkylation sites (N-methyl/N-ethyl adjacent to an activating group) is 1. The van der Waals surface area contributed by atoms with Gasteiger partial charge in [-0.2, -0.15) is 0 Å². The van der Waals surface area contributed by atoms with Crippen LogP contribution in [-0.4, -0.2) is 43.5 Å². The first-order valence-electron chi connectivity index (χ1n) is 8.22. The van der Waals surface area contributed by atoms with Gasteiger partial charge in [0.1, 0.15) is 5.75 Å². The highest BCUT2D eigenvalue weighted by Gasteiger charge is 2.14. The van der Waals surface area contributed by atoms with Crippen molar-refractivity contribution in [1.29, 1.82) is 0 Å². The van der Waals surface area contributed by atoms with E-state index in [0.717, 1.165) is 9.26 Å². The highest BCUT2D eigenvalue weighted by molar-refractivity contribution is 14.1. The van der Waals surface area contributed by atoms with Gasteiger partial charge in [-0.05, 0) is 59.5 Å². The molecule has 0 aliphatic heterocycles. The minimum atomic E-state index is -0.179. The third-order valence-corrected chi connectivity index (χ3v) is 4.31. The Morgan fingerprint density at radius 3 is 2.12 bits per heavy atom. The lowest BCUT2D eigenvalue weighted by Gasteiger charge is -2.19. The predicted octanol–water partition coefficient (Wildman–Crippen LogP) is 3.20. The maximum atomic E-state index is 12.2. The molecule has 2 aromatic carbocycles. The lowest BCUT2D eigenvalue weighted by Crippen LogP contribution is -2.38. The van der Waals surface area contributed by atoms with Gasteiger partial charge in [-0.25, -0.2) is 0 Å². The van der Waals surface area contributed by atoms with Gasteiger partial charge in [0, 0.05) is 21.0 Å². The monoisotopic (exact) mass is 467 g/mol. The Hall–Kier alpha value is -2.13. The summed E-state index contributed by atoms with van der Waals surface area (Å²) in [4.78, 5) is 26.2. The Balaban J connectivity index is 1.87. The highest BCUT2D eigenvalue weighted by Crippen LogP contribution is 2.16. The van der Waals surface area contributed by atoms with Gasteiger partial charge in [0.15, 0.2) is 0 Å². The highest BCUT2D eigenvalue weighted by atomic mass is 127. The number of rotatable bonds is 8. The predicted molar refractivity (Wildman–Crippen MR) is 112 cm³/mol. The van der Waals surface area contributed by atoms with Crippen molar-refractivity contribution >= 4 is 45.8 Å². The van der Waals surface area contributed by atoms with E-state index >= 15 is 0 Å². The minimum Gasteiger partial charge on any atom is -0.497 e. The second kappa shape index (κ2) is 10.1. The van der Waals surface area contributed by atoms with E-state index in [0.29, 0.717) is 18.0 Å². The summed E-state index contributed by atoms with van der Waals surface area (Å²) in [5.74, 6) is 0.345. The molecular formula is C19H22IN3O3. The standard InChI is InChI=1S/C19H22IN3O3/c1-3-23(12-18(24)21-15-7-4-6-14(20)10-15)13-19(25)22-16-8-5-9-17(11-16)26-2/h4-11H,3,12-13H2,1-2H3,(H,21,24)(H,22,25). The summed E-state index contributed by atoms with van der Waals surface area (Å²) in [6.45, 7) is 2.78. The number of ether oxygens (including phenoxy) is 1. The Morgan fingerprint density at radius 2 is 1.58 bits per heavy atom. The maximum Gasteiger partial charge on any atom is 0.238 e. The fraction of sp³-hybridized carbons (Fsp3) is 0.263. The molecule has 2 aromatic rings. The van der Waals surface area contributed by atoms with Gasteiger partial charge in [0.25, 0.3) is 0 Å². The number of hydrogen-bond donors (Lipinski definition) is 2. The summed E-state index contributed by atoms with van der Waals surface area (Å²) in [5.41, 5.74) is 1.41. The van der Waals surface area contributed by atoms with Crippen molar-refractivity contribution in [2.24, 2.45) is 0 Å². The summed E-state index contributed by atoms with van der Waals surface area (Å²) >= 11 is 2.19. The number of anilines is 2. The van der Waals surface area contributed by atoms with E-state index in [9.17, 15) is 9.59 Å². The van der Waals surface area contributed by atoms with Gasteiger partial charge in [-0.1, -0.05) is 19.1 Å². The van der Waals surface area contributed by atoms with Crippen molar-refractivity contribution in [3.63, 3.8) is 0 Å². The smallest absolute Gasteiger partial charge is 0.238 e. The second-order valence-electron chi connectivity index (χ2n) is 5.64. The molecule has 26 heavy (non-hydrogen) atoms. The van der Waals surface area contributed by atoms with Crippen LogP contribution in [0, 0.1) is 3.57 Å². The number of halogens is 1. The van der Waals surface area contributed by atoms with Gasteiger partial charge in [0.05, 0.1) is 20.2 Å². The van der Waals surface area contributed by atoms with Crippen LogP contribution in [0.15, 0.2) is 48.5 Å². The molecule has 2 N–H and O–H groups in total. The number of carbonyl (C=O) groups excluding carboxylic acids is 2. The number of methoxy groups -OCH3 is 1. The van der Waals surface area contributed by atoms with Gasteiger partial charge in [-0.15, -0.1) is 0 Å². The summed E-state index contributed by atoms with van der Waals surface area (Å²) < 4.78 is 6.19. The first kappa shape index (κ1) is 20.2. The SMILES string of the molecule is CCN(CC(=O)Nc1cccc(I)c1)CC(=O)Nc1cccc(OC)c1.